The van der Waals surface area contributed by atoms with Crippen LogP contribution in [-0.2, 0) is 11.2 Å². The molecular weight excluding hydrogens is 192 g/mol. The number of carbonyl (C=O) groups is 1. The van der Waals surface area contributed by atoms with Gasteiger partial charge < -0.3 is 0 Å². The second kappa shape index (κ2) is 3.76. The van der Waals surface area contributed by atoms with Crippen LogP contribution in [0.3, 0.4) is 0 Å². The Bertz CT molecular complexity index is 503. The van der Waals surface area contributed by atoms with Crippen LogP contribution in [0, 0.1) is 6.92 Å². The van der Waals surface area contributed by atoms with Crippen molar-refractivity contribution in [1.82, 2.24) is 19.6 Å². The van der Waals surface area contributed by atoms with E-state index in [1.165, 1.54) is 6.33 Å². The molecule has 0 aliphatic rings. The first kappa shape index (κ1) is 9.76. The molecule has 0 spiro atoms. The Labute approximate surface area is 87.2 Å². The molecule has 0 aliphatic carbocycles. The number of fused-ring (bicyclic) bond motifs is 1. The molecule has 0 aromatic carbocycles. The van der Waals surface area contributed by atoms with Gasteiger partial charge in [0.15, 0.2) is 0 Å². The fourth-order valence-corrected chi connectivity index (χ4v) is 1.46. The predicted molar refractivity (Wildman–Crippen MR) is 54.5 cm³/mol. The maximum Gasteiger partial charge on any atom is 0.252 e. The highest BCUT2D eigenvalue weighted by Crippen LogP contribution is 2.06. The van der Waals surface area contributed by atoms with Crippen molar-refractivity contribution >= 4 is 11.6 Å². The highest BCUT2D eigenvalue weighted by molar-refractivity contribution is 5.80. The van der Waals surface area contributed by atoms with Crippen LogP contribution in [0.25, 0.3) is 5.78 Å². The minimum Gasteiger partial charge on any atom is -0.299 e. The summed E-state index contributed by atoms with van der Waals surface area (Å²) in [5, 5.41) is 4.04. The summed E-state index contributed by atoms with van der Waals surface area (Å²) in [5.74, 6) is 0.742. The quantitative estimate of drug-likeness (QED) is 0.747. The molecule has 0 saturated carbocycles. The first-order valence-corrected chi connectivity index (χ1v) is 4.88. The van der Waals surface area contributed by atoms with Gasteiger partial charge in [0.05, 0.1) is 5.69 Å². The van der Waals surface area contributed by atoms with Gasteiger partial charge >= 0.3 is 0 Å². The van der Waals surface area contributed by atoms with Crippen LogP contribution < -0.4 is 0 Å². The third kappa shape index (κ3) is 1.86. The normalized spacial score (nSPS) is 10.8. The summed E-state index contributed by atoms with van der Waals surface area (Å²) in [4.78, 5) is 19.6. The van der Waals surface area contributed by atoms with Crippen molar-refractivity contribution in [2.24, 2.45) is 0 Å². The maximum atomic E-state index is 11.4. The number of carbonyl (C=O) groups excluding carboxylic acids is 1. The van der Waals surface area contributed by atoms with Gasteiger partial charge in [-0.15, -0.1) is 0 Å². The Morgan fingerprint density at radius 3 is 3.07 bits per heavy atom. The van der Waals surface area contributed by atoms with Gasteiger partial charge in [0, 0.05) is 18.5 Å². The zero-order valence-corrected chi connectivity index (χ0v) is 8.77. The van der Waals surface area contributed by atoms with E-state index < -0.39 is 0 Å². The lowest BCUT2D eigenvalue weighted by atomic mass is 10.1. The number of Topliss-reactive ketones (excluding diaryl/α,β-unsaturated/α-hetero) is 1. The molecule has 0 aliphatic heterocycles. The first-order chi connectivity index (χ1) is 7.20. The van der Waals surface area contributed by atoms with E-state index >= 15 is 0 Å². The number of ketones is 1. The lowest BCUT2D eigenvalue weighted by Crippen LogP contribution is -2.08. The Morgan fingerprint density at radius 2 is 2.33 bits per heavy atom. The Balaban J connectivity index is 2.48. The minimum atomic E-state index is 0.192. The zero-order chi connectivity index (χ0) is 10.8. The van der Waals surface area contributed by atoms with Crippen LogP contribution in [0.4, 0.5) is 0 Å². The first-order valence-electron chi connectivity index (χ1n) is 4.88. The van der Waals surface area contributed by atoms with Crippen LogP contribution in [0.1, 0.15) is 24.7 Å². The lowest BCUT2D eigenvalue weighted by Gasteiger charge is -2.03. The molecule has 2 aromatic rings. The van der Waals surface area contributed by atoms with E-state index in [1.54, 1.807) is 4.52 Å². The van der Waals surface area contributed by atoms with Gasteiger partial charge in [-0.1, -0.05) is 6.92 Å². The summed E-state index contributed by atoms with van der Waals surface area (Å²) < 4.78 is 1.61. The number of aromatic nitrogens is 4. The summed E-state index contributed by atoms with van der Waals surface area (Å²) in [5.41, 5.74) is 1.70. The largest absolute Gasteiger partial charge is 0.299 e. The van der Waals surface area contributed by atoms with Crippen molar-refractivity contribution in [3.05, 3.63) is 23.8 Å². The summed E-state index contributed by atoms with van der Waals surface area (Å²) in [6, 6.07) is 1.87. The van der Waals surface area contributed by atoms with Crippen LogP contribution in [0.15, 0.2) is 12.4 Å². The Hall–Kier alpha value is -1.78. The van der Waals surface area contributed by atoms with Gasteiger partial charge in [0.25, 0.3) is 5.78 Å². The van der Waals surface area contributed by atoms with Crippen molar-refractivity contribution in [2.45, 2.75) is 26.7 Å². The summed E-state index contributed by atoms with van der Waals surface area (Å²) in [6.45, 7) is 3.74. The van der Waals surface area contributed by atoms with Crippen LogP contribution in [0.5, 0.6) is 0 Å². The molecule has 78 valence electrons. The number of hydrogen-bond acceptors (Lipinski definition) is 4. The van der Waals surface area contributed by atoms with Crippen molar-refractivity contribution in [1.29, 1.82) is 0 Å². The molecule has 0 radical (unpaired) electrons. The van der Waals surface area contributed by atoms with Crippen molar-refractivity contribution in [3.8, 4) is 0 Å². The van der Waals surface area contributed by atoms with E-state index in [9.17, 15) is 4.79 Å². The molecule has 5 nitrogen and oxygen atoms in total. The molecule has 0 bridgehead atoms. The smallest absolute Gasteiger partial charge is 0.252 e. The second-order valence-electron chi connectivity index (χ2n) is 3.43. The van der Waals surface area contributed by atoms with Crippen molar-refractivity contribution < 1.29 is 4.79 Å². The minimum absolute atomic E-state index is 0.192. The fourth-order valence-electron chi connectivity index (χ4n) is 1.46. The molecule has 2 rings (SSSR count). The number of rotatable bonds is 3. The van der Waals surface area contributed by atoms with E-state index in [-0.39, 0.29) is 5.78 Å². The standard InChI is InChI=1S/C10H12N4O/c1-3-9(15)5-8-4-7(2)13-10-11-6-12-14(8)10/h4,6H,3,5H2,1-2H3. The SMILES string of the molecule is CCC(=O)Cc1cc(C)nc2ncnn12. The summed E-state index contributed by atoms with van der Waals surface area (Å²) in [7, 11) is 0. The van der Waals surface area contributed by atoms with E-state index in [1.807, 2.05) is 19.9 Å². The van der Waals surface area contributed by atoms with Gasteiger partial charge in [0.1, 0.15) is 12.1 Å². The number of nitrogens with zero attached hydrogens (tertiary/aromatic N) is 4. The molecule has 0 unspecified atom stereocenters. The van der Waals surface area contributed by atoms with Crippen LogP contribution >= 0.6 is 0 Å². The zero-order valence-electron chi connectivity index (χ0n) is 8.77. The highest BCUT2D eigenvalue weighted by Gasteiger charge is 2.08. The van der Waals surface area contributed by atoms with E-state index in [0.717, 1.165) is 11.4 Å². The van der Waals surface area contributed by atoms with E-state index in [4.69, 9.17) is 0 Å². The monoisotopic (exact) mass is 204 g/mol. The van der Waals surface area contributed by atoms with E-state index in [0.29, 0.717) is 18.6 Å². The fraction of sp³-hybridized carbons (Fsp3) is 0.400. The molecule has 2 heterocycles. The molecule has 5 heteroatoms. The lowest BCUT2D eigenvalue weighted by molar-refractivity contribution is -0.118. The van der Waals surface area contributed by atoms with Gasteiger partial charge in [-0.05, 0) is 13.0 Å². The third-order valence-electron chi connectivity index (χ3n) is 2.23. The van der Waals surface area contributed by atoms with Crippen molar-refractivity contribution in [2.75, 3.05) is 0 Å². The van der Waals surface area contributed by atoms with Gasteiger partial charge in [-0.3, -0.25) is 4.79 Å². The second-order valence-corrected chi connectivity index (χ2v) is 3.43. The molecule has 0 atom stereocenters. The van der Waals surface area contributed by atoms with Gasteiger partial charge in [0.2, 0.25) is 0 Å². The van der Waals surface area contributed by atoms with Crippen molar-refractivity contribution in [3.63, 3.8) is 0 Å². The highest BCUT2D eigenvalue weighted by atomic mass is 16.1. The summed E-state index contributed by atoms with van der Waals surface area (Å²) >= 11 is 0. The number of hydrogen-bond donors (Lipinski definition) is 0. The van der Waals surface area contributed by atoms with Gasteiger partial charge in [-0.25, -0.2) is 9.50 Å². The van der Waals surface area contributed by atoms with Gasteiger partial charge in [-0.2, -0.15) is 10.1 Å². The van der Waals surface area contributed by atoms with E-state index in [2.05, 4.69) is 15.1 Å². The molecule has 15 heavy (non-hydrogen) atoms. The Morgan fingerprint density at radius 1 is 1.53 bits per heavy atom. The molecule has 0 amide bonds. The maximum absolute atomic E-state index is 11.4. The molecule has 0 fully saturated rings. The molecular formula is C10H12N4O. The average Bonchev–Trinajstić information content (AvgIpc) is 2.65. The topological polar surface area (TPSA) is 60.2 Å². The number of aryl methyl sites for hydroxylation is 1. The molecule has 0 saturated heterocycles. The third-order valence-corrected chi connectivity index (χ3v) is 2.23. The summed E-state index contributed by atoms with van der Waals surface area (Å²) in [6.07, 6.45) is 2.37. The average molecular weight is 204 g/mol. The molecule has 0 N–H and O–H groups in total. The Kier molecular flexibility index (Phi) is 2.45. The van der Waals surface area contributed by atoms with Crippen LogP contribution in [0.2, 0.25) is 0 Å². The predicted octanol–water partition coefficient (Wildman–Crippen LogP) is 0.954. The van der Waals surface area contributed by atoms with Crippen LogP contribution in [-0.4, -0.2) is 25.4 Å². The molecule has 2 aromatic heterocycles.